The standard InChI is InChI=1S/C31H62O6Si3/c1-27(2,3)38(12,13)35-22-18-19-23-30(10,33)21-20-24(36-39(14,15)28(4,5)6)31(23,26(32)34-11)25(22)37-40(16,17)29(7,8)9/h19,22,24-25,33H,18,20-21H2,1-17H3/t22-,24+,25-,30+,31-/m1/s1. The maximum Gasteiger partial charge on any atom is 0.321 e. The van der Waals surface area contributed by atoms with Crippen molar-refractivity contribution < 1.29 is 27.9 Å². The Hall–Kier alpha value is -0.299. The molecule has 0 spiro atoms. The first-order valence-corrected chi connectivity index (χ1v) is 23.9. The van der Waals surface area contributed by atoms with Crippen LogP contribution in [0.15, 0.2) is 11.6 Å². The second-order valence-corrected chi connectivity index (χ2v) is 31.4. The van der Waals surface area contributed by atoms with Gasteiger partial charge in [-0.2, -0.15) is 0 Å². The molecule has 2 aliphatic carbocycles. The molecule has 0 radical (unpaired) electrons. The SMILES string of the molecule is COC(=O)[C@@]12C(=CC[C@@H](O[Si](C)(C)C(C)(C)C)[C@H]1O[Si](C)(C)C(C)(C)C)[C@@](C)(O)CC[C@@H]2O[Si](C)(C)C(C)(C)C. The Morgan fingerprint density at radius 1 is 0.825 bits per heavy atom. The van der Waals surface area contributed by atoms with Crippen LogP contribution in [0.5, 0.6) is 0 Å². The van der Waals surface area contributed by atoms with E-state index in [4.69, 9.17) is 18.0 Å². The second-order valence-electron chi connectivity index (χ2n) is 17.1. The zero-order valence-corrected chi connectivity index (χ0v) is 31.9. The van der Waals surface area contributed by atoms with Gasteiger partial charge in [0.05, 0.1) is 31.0 Å². The summed E-state index contributed by atoms with van der Waals surface area (Å²) in [5.74, 6) is -0.394. The summed E-state index contributed by atoms with van der Waals surface area (Å²) in [5, 5.41) is 11.7. The van der Waals surface area contributed by atoms with Gasteiger partial charge in [-0.05, 0) is 86.2 Å². The highest BCUT2D eigenvalue weighted by Gasteiger charge is 2.68. The Balaban J connectivity index is 2.95. The third-order valence-corrected chi connectivity index (χ3v) is 24.5. The molecule has 1 saturated carbocycles. The Kier molecular flexibility index (Phi) is 9.88. The van der Waals surface area contributed by atoms with Crippen LogP contribution < -0.4 is 0 Å². The molecule has 234 valence electrons. The summed E-state index contributed by atoms with van der Waals surface area (Å²) in [4.78, 5) is 14.5. The van der Waals surface area contributed by atoms with E-state index < -0.39 is 54.1 Å². The van der Waals surface area contributed by atoms with Gasteiger partial charge in [0.1, 0.15) is 5.41 Å². The van der Waals surface area contributed by atoms with Crippen LogP contribution in [0.1, 0.15) is 88.5 Å². The van der Waals surface area contributed by atoms with Crippen LogP contribution in [0, 0.1) is 5.41 Å². The zero-order valence-electron chi connectivity index (χ0n) is 28.9. The minimum atomic E-state index is -2.43. The maximum absolute atomic E-state index is 14.5. The molecule has 5 atom stereocenters. The van der Waals surface area contributed by atoms with Gasteiger partial charge in [-0.15, -0.1) is 0 Å². The molecule has 6 nitrogen and oxygen atoms in total. The molecule has 1 fully saturated rings. The molecule has 2 aliphatic rings. The molecule has 0 aliphatic heterocycles. The van der Waals surface area contributed by atoms with Gasteiger partial charge >= 0.3 is 5.97 Å². The van der Waals surface area contributed by atoms with Crippen molar-refractivity contribution >= 4 is 30.9 Å². The van der Waals surface area contributed by atoms with Gasteiger partial charge in [0.15, 0.2) is 25.0 Å². The van der Waals surface area contributed by atoms with Gasteiger partial charge in [0.2, 0.25) is 0 Å². The summed E-state index contributed by atoms with van der Waals surface area (Å²) >= 11 is 0. The molecule has 0 aromatic heterocycles. The molecule has 0 bridgehead atoms. The molecule has 1 N–H and O–H groups in total. The lowest BCUT2D eigenvalue weighted by molar-refractivity contribution is -0.183. The van der Waals surface area contributed by atoms with Crippen molar-refractivity contribution in [2.24, 2.45) is 5.41 Å². The van der Waals surface area contributed by atoms with E-state index in [9.17, 15) is 9.90 Å². The first kappa shape index (κ1) is 35.9. The quantitative estimate of drug-likeness (QED) is 0.177. The minimum Gasteiger partial charge on any atom is -0.468 e. The zero-order chi connectivity index (χ0) is 31.5. The fourth-order valence-corrected chi connectivity index (χ4v) is 9.33. The normalized spacial score (nSPS) is 30.9. The molecule has 0 unspecified atom stereocenters. The predicted octanol–water partition coefficient (Wildman–Crippen LogP) is 8.19. The number of aliphatic hydroxyl groups is 1. The van der Waals surface area contributed by atoms with Crippen LogP contribution in [0.4, 0.5) is 0 Å². The third kappa shape index (κ3) is 6.45. The molecule has 9 heteroatoms. The summed E-state index contributed by atoms with van der Waals surface area (Å²) in [6.07, 6.45) is 2.18. The van der Waals surface area contributed by atoms with E-state index in [0.717, 1.165) is 0 Å². The van der Waals surface area contributed by atoms with Gasteiger partial charge in [-0.25, -0.2) is 0 Å². The number of hydrogen-bond donors (Lipinski definition) is 1. The first-order valence-electron chi connectivity index (χ1n) is 15.1. The lowest BCUT2D eigenvalue weighted by Crippen LogP contribution is -2.70. The fraction of sp³-hybridized carbons (Fsp3) is 0.903. The number of ether oxygens (including phenoxy) is 1. The Morgan fingerprint density at radius 2 is 1.25 bits per heavy atom. The molecule has 0 aromatic carbocycles. The predicted molar refractivity (Wildman–Crippen MR) is 173 cm³/mol. The highest BCUT2D eigenvalue weighted by Crippen LogP contribution is 2.58. The molecule has 40 heavy (non-hydrogen) atoms. The van der Waals surface area contributed by atoms with Crippen molar-refractivity contribution in [2.45, 2.75) is 167 Å². The number of carbonyl (C=O) groups is 1. The first-order chi connectivity index (χ1) is 17.6. The molecule has 0 saturated heterocycles. The highest BCUT2D eigenvalue weighted by molar-refractivity contribution is 6.75. The van der Waals surface area contributed by atoms with Crippen molar-refractivity contribution in [3.8, 4) is 0 Å². The molecular formula is C31H62O6Si3. The Bertz CT molecular complexity index is 965. The largest absolute Gasteiger partial charge is 0.468 e. The van der Waals surface area contributed by atoms with Crippen LogP contribution >= 0.6 is 0 Å². The number of rotatable bonds is 7. The summed E-state index contributed by atoms with van der Waals surface area (Å²) in [6.45, 7) is 35.2. The molecule has 0 amide bonds. The lowest BCUT2D eigenvalue weighted by Gasteiger charge is -2.60. The van der Waals surface area contributed by atoms with E-state index >= 15 is 0 Å². The number of fused-ring (bicyclic) bond motifs is 1. The van der Waals surface area contributed by atoms with Crippen LogP contribution in [-0.4, -0.2) is 67.1 Å². The maximum atomic E-state index is 14.5. The van der Waals surface area contributed by atoms with Crippen LogP contribution in [0.2, 0.25) is 54.4 Å². The highest BCUT2D eigenvalue weighted by atomic mass is 28.4. The van der Waals surface area contributed by atoms with Crippen LogP contribution in [-0.2, 0) is 22.8 Å². The summed E-state index contributed by atoms with van der Waals surface area (Å²) in [6, 6.07) is 0. The molecule has 0 aromatic rings. The molecule has 2 rings (SSSR count). The van der Waals surface area contributed by atoms with Crippen molar-refractivity contribution in [1.82, 2.24) is 0 Å². The van der Waals surface area contributed by atoms with Crippen molar-refractivity contribution in [1.29, 1.82) is 0 Å². The lowest BCUT2D eigenvalue weighted by atomic mass is 9.56. The summed E-state index contributed by atoms with van der Waals surface area (Å²) in [7, 11) is -5.59. The van der Waals surface area contributed by atoms with E-state index in [1.165, 1.54) is 7.11 Å². The molecule has 0 heterocycles. The number of esters is 1. The monoisotopic (exact) mass is 614 g/mol. The average Bonchev–Trinajstić information content (AvgIpc) is 2.73. The third-order valence-electron chi connectivity index (χ3n) is 11.0. The van der Waals surface area contributed by atoms with Crippen LogP contribution in [0.3, 0.4) is 0 Å². The van der Waals surface area contributed by atoms with Gasteiger partial charge in [0, 0.05) is 0 Å². The van der Waals surface area contributed by atoms with Gasteiger partial charge in [0.25, 0.3) is 0 Å². The van der Waals surface area contributed by atoms with E-state index in [1.807, 2.05) is 6.92 Å². The van der Waals surface area contributed by atoms with Crippen LogP contribution in [0.25, 0.3) is 0 Å². The average molecular weight is 615 g/mol. The molecular weight excluding hydrogens is 553 g/mol. The van der Waals surface area contributed by atoms with E-state index in [2.05, 4.69) is 108 Å². The summed E-state index contributed by atoms with van der Waals surface area (Å²) < 4.78 is 27.4. The fourth-order valence-electron chi connectivity index (χ4n) is 5.31. The van der Waals surface area contributed by atoms with Gasteiger partial charge in [-0.1, -0.05) is 68.4 Å². The van der Waals surface area contributed by atoms with E-state index in [-0.39, 0.29) is 21.2 Å². The number of methoxy groups -OCH3 is 1. The Morgan fingerprint density at radius 3 is 1.68 bits per heavy atom. The summed E-state index contributed by atoms with van der Waals surface area (Å²) in [5.41, 5.74) is -1.81. The van der Waals surface area contributed by atoms with E-state index in [1.54, 1.807) is 0 Å². The Labute approximate surface area is 249 Å². The smallest absolute Gasteiger partial charge is 0.321 e. The number of carbonyl (C=O) groups excluding carboxylic acids is 1. The van der Waals surface area contributed by atoms with Crippen molar-refractivity contribution in [3.05, 3.63) is 11.6 Å². The number of hydrogen-bond acceptors (Lipinski definition) is 6. The van der Waals surface area contributed by atoms with E-state index in [0.29, 0.717) is 24.8 Å². The van der Waals surface area contributed by atoms with Gasteiger partial charge < -0.3 is 23.1 Å². The minimum absolute atomic E-state index is 0.0218. The van der Waals surface area contributed by atoms with Gasteiger partial charge in [-0.3, -0.25) is 4.79 Å². The van der Waals surface area contributed by atoms with Crippen molar-refractivity contribution in [2.75, 3.05) is 7.11 Å². The second kappa shape index (κ2) is 11.0. The van der Waals surface area contributed by atoms with Crippen molar-refractivity contribution in [3.63, 3.8) is 0 Å². The topological polar surface area (TPSA) is 74.2 Å².